The highest BCUT2D eigenvalue weighted by molar-refractivity contribution is 5.81. The summed E-state index contributed by atoms with van der Waals surface area (Å²) in [4.78, 5) is 20.7. The molecule has 2 aliphatic rings. The molecule has 1 aromatic heterocycles. The van der Waals surface area contributed by atoms with Crippen molar-refractivity contribution < 1.29 is 13.9 Å². The zero-order chi connectivity index (χ0) is 18.0. The SMILES string of the molecule is CC(C)N1CC2(CCN(CCc3ncccc3F)CC2)O[C@@H](C)C1=O. The van der Waals surface area contributed by atoms with E-state index in [9.17, 15) is 9.18 Å². The monoisotopic (exact) mass is 349 g/mol. The van der Waals surface area contributed by atoms with E-state index in [2.05, 4.69) is 23.7 Å². The third-order valence-corrected chi connectivity index (χ3v) is 5.41. The van der Waals surface area contributed by atoms with E-state index in [0.29, 0.717) is 18.7 Å². The number of ether oxygens (including phenoxy) is 1. The summed E-state index contributed by atoms with van der Waals surface area (Å²) in [6.45, 7) is 9.25. The van der Waals surface area contributed by atoms with Gasteiger partial charge in [-0.05, 0) is 45.7 Å². The van der Waals surface area contributed by atoms with Crippen molar-refractivity contribution in [3.8, 4) is 0 Å². The van der Waals surface area contributed by atoms with Gasteiger partial charge < -0.3 is 14.5 Å². The van der Waals surface area contributed by atoms with Gasteiger partial charge in [0.15, 0.2) is 0 Å². The second-order valence-corrected chi connectivity index (χ2v) is 7.53. The number of pyridine rings is 1. The summed E-state index contributed by atoms with van der Waals surface area (Å²) in [5, 5.41) is 0. The highest BCUT2D eigenvalue weighted by Gasteiger charge is 2.45. The fourth-order valence-electron chi connectivity index (χ4n) is 3.85. The first kappa shape index (κ1) is 18.3. The molecule has 2 fully saturated rings. The zero-order valence-corrected chi connectivity index (χ0v) is 15.4. The number of hydrogen-bond donors (Lipinski definition) is 0. The predicted octanol–water partition coefficient (Wildman–Crippen LogP) is 2.25. The lowest BCUT2D eigenvalue weighted by atomic mass is 9.88. The molecule has 0 N–H and O–H groups in total. The Morgan fingerprint density at radius 2 is 2.12 bits per heavy atom. The van der Waals surface area contributed by atoms with Gasteiger partial charge in [0, 0.05) is 38.3 Å². The number of aromatic nitrogens is 1. The Balaban J connectivity index is 1.56. The Bertz CT molecular complexity index is 614. The molecular formula is C19H28FN3O2. The second-order valence-electron chi connectivity index (χ2n) is 7.53. The van der Waals surface area contributed by atoms with Gasteiger partial charge in [-0.3, -0.25) is 9.78 Å². The van der Waals surface area contributed by atoms with Crippen molar-refractivity contribution in [3.63, 3.8) is 0 Å². The van der Waals surface area contributed by atoms with Gasteiger partial charge in [-0.2, -0.15) is 0 Å². The number of hydrogen-bond acceptors (Lipinski definition) is 4. The highest BCUT2D eigenvalue weighted by atomic mass is 19.1. The summed E-state index contributed by atoms with van der Waals surface area (Å²) in [7, 11) is 0. The molecule has 0 aromatic carbocycles. The minimum absolute atomic E-state index is 0.0914. The van der Waals surface area contributed by atoms with E-state index in [0.717, 1.165) is 32.5 Å². The molecule has 0 unspecified atom stereocenters. The standard InChI is InChI=1S/C19H28FN3O2/c1-14(2)23-13-19(25-15(3)18(23)24)7-11-22(12-8-19)10-6-17-16(20)5-4-9-21-17/h4-5,9,14-15H,6-8,10-13H2,1-3H3/t15-/m0/s1. The number of likely N-dealkylation sites (tertiary alicyclic amines) is 1. The molecule has 3 rings (SSSR count). The predicted molar refractivity (Wildman–Crippen MR) is 93.7 cm³/mol. The maximum Gasteiger partial charge on any atom is 0.251 e. The van der Waals surface area contributed by atoms with E-state index in [1.54, 1.807) is 12.3 Å². The number of carbonyl (C=O) groups excluding carboxylic acids is 1. The van der Waals surface area contributed by atoms with Crippen LogP contribution in [0.1, 0.15) is 39.3 Å². The van der Waals surface area contributed by atoms with Crippen molar-refractivity contribution in [1.29, 1.82) is 0 Å². The van der Waals surface area contributed by atoms with Gasteiger partial charge in [0.05, 0.1) is 17.8 Å². The number of carbonyl (C=O) groups is 1. The lowest BCUT2D eigenvalue weighted by Crippen LogP contribution is -2.62. The molecule has 0 bridgehead atoms. The van der Waals surface area contributed by atoms with E-state index in [1.165, 1.54) is 6.07 Å². The largest absolute Gasteiger partial charge is 0.360 e. The molecule has 2 saturated heterocycles. The first-order valence-corrected chi connectivity index (χ1v) is 9.20. The third kappa shape index (κ3) is 4.01. The van der Waals surface area contributed by atoms with Crippen molar-refractivity contribution in [2.45, 2.75) is 57.8 Å². The Morgan fingerprint density at radius 1 is 1.40 bits per heavy atom. The maximum absolute atomic E-state index is 13.7. The zero-order valence-electron chi connectivity index (χ0n) is 15.4. The van der Waals surface area contributed by atoms with E-state index < -0.39 is 0 Å². The van der Waals surface area contributed by atoms with Crippen LogP contribution in [0.25, 0.3) is 0 Å². The molecule has 138 valence electrons. The molecule has 2 aliphatic heterocycles. The molecule has 1 atom stereocenters. The topological polar surface area (TPSA) is 45.7 Å². The van der Waals surface area contributed by atoms with Crippen LogP contribution >= 0.6 is 0 Å². The van der Waals surface area contributed by atoms with Crippen molar-refractivity contribution in [1.82, 2.24) is 14.8 Å². The Morgan fingerprint density at radius 3 is 2.76 bits per heavy atom. The van der Waals surface area contributed by atoms with Crippen LogP contribution in [0.5, 0.6) is 0 Å². The lowest BCUT2D eigenvalue weighted by Gasteiger charge is -2.50. The highest BCUT2D eigenvalue weighted by Crippen LogP contribution is 2.33. The average Bonchev–Trinajstić information content (AvgIpc) is 2.59. The van der Waals surface area contributed by atoms with Gasteiger partial charge in [0.1, 0.15) is 11.9 Å². The van der Waals surface area contributed by atoms with E-state index >= 15 is 0 Å². The lowest BCUT2D eigenvalue weighted by molar-refractivity contribution is -0.192. The molecule has 0 radical (unpaired) electrons. The first-order valence-electron chi connectivity index (χ1n) is 9.20. The third-order valence-electron chi connectivity index (χ3n) is 5.41. The summed E-state index contributed by atoms with van der Waals surface area (Å²) in [6.07, 6.45) is 3.69. The number of morpholine rings is 1. The molecule has 0 aliphatic carbocycles. The summed E-state index contributed by atoms with van der Waals surface area (Å²) >= 11 is 0. The van der Waals surface area contributed by atoms with Crippen molar-refractivity contribution in [2.75, 3.05) is 26.2 Å². The van der Waals surface area contributed by atoms with Crippen molar-refractivity contribution >= 4 is 5.91 Å². The van der Waals surface area contributed by atoms with Gasteiger partial charge in [0.2, 0.25) is 0 Å². The van der Waals surface area contributed by atoms with Crippen LogP contribution < -0.4 is 0 Å². The molecule has 25 heavy (non-hydrogen) atoms. The normalized spacial score (nSPS) is 24.3. The molecule has 1 aromatic rings. The maximum atomic E-state index is 13.7. The van der Waals surface area contributed by atoms with Crippen molar-refractivity contribution in [2.24, 2.45) is 0 Å². The van der Waals surface area contributed by atoms with E-state index in [1.807, 2.05) is 11.8 Å². The van der Waals surface area contributed by atoms with Crippen LogP contribution in [0.2, 0.25) is 0 Å². The van der Waals surface area contributed by atoms with Gasteiger partial charge in [-0.1, -0.05) is 0 Å². The summed E-state index contributed by atoms with van der Waals surface area (Å²) in [5.41, 5.74) is 0.298. The quantitative estimate of drug-likeness (QED) is 0.836. The molecule has 3 heterocycles. The Hall–Kier alpha value is -1.53. The van der Waals surface area contributed by atoms with Gasteiger partial charge in [0.25, 0.3) is 5.91 Å². The molecular weight excluding hydrogens is 321 g/mol. The summed E-state index contributed by atoms with van der Waals surface area (Å²) in [5.74, 6) is -0.139. The van der Waals surface area contributed by atoms with Crippen LogP contribution in [0.4, 0.5) is 4.39 Å². The molecule has 1 spiro atoms. The van der Waals surface area contributed by atoms with Crippen LogP contribution in [-0.2, 0) is 16.0 Å². The van der Waals surface area contributed by atoms with Gasteiger partial charge in [-0.15, -0.1) is 0 Å². The number of halogens is 1. The number of piperidine rings is 1. The van der Waals surface area contributed by atoms with E-state index in [-0.39, 0.29) is 29.5 Å². The molecule has 5 nitrogen and oxygen atoms in total. The van der Waals surface area contributed by atoms with Crippen LogP contribution in [0.15, 0.2) is 18.3 Å². The minimum atomic E-state index is -0.370. The van der Waals surface area contributed by atoms with Gasteiger partial charge >= 0.3 is 0 Å². The second kappa shape index (κ2) is 7.38. The number of amides is 1. The minimum Gasteiger partial charge on any atom is -0.360 e. The molecule has 1 amide bonds. The fourth-order valence-corrected chi connectivity index (χ4v) is 3.85. The van der Waals surface area contributed by atoms with Crippen molar-refractivity contribution in [3.05, 3.63) is 29.8 Å². The van der Waals surface area contributed by atoms with E-state index in [4.69, 9.17) is 4.74 Å². The first-order chi connectivity index (χ1) is 11.9. The van der Waals surface area contributed by atoms with Crippen LogP contribution in [-0.4, -0.2) is 64.6 Å². The molecule has 6 heteroatoms. The van der Waals surface area contributed by atoms with Gasteiger partial charge in [-0.25, -0.2) is 4.39 Å². The Kier molecular flexibility index (Phi) is 5.39. The smallest absolute Gasteiger partial charge is 0.251 e. The van der Waals surface area contributed by atoms with Crippen LogP contribution in [0, 0.1) is 5.82 Å². The Labute approximate surface area is 149 Å². The van der Waals surface area contributed by atoms with Crippen LogP contribution in [0.3, 0.4) is 0 Å². The number of nitrogens with zero attached hydrogens (tertiary/aromatic N) is 3. The fraction of sp³-hybridized carbons (Fsp3) is 0.684. The number of rotatable bonds is 4. The molecule has 0 saturated carbocycles. The summed E-state index contributed by atoms with van der Waals surface area (Å²) < 4.78 is 19.8. The average molecular weight is 349 g/mol. The summed E-state index contributed by atoms with van der Waals surface area (Å²) in [6, 6.07) is 3.27.